The molecule has 0 aromatic rings. The van der Waals surface area contributed by atoms with Crippen molar-refractivity contribution in [1.82, 2.24) is 5.32 Å². The molecular formula is C6H11Cl2NO2. The lowest BCUT2D eigenvalue weighted by Crippen LogP contribution is -2.31. The fraction of sp³-hybridized carbons (Fsp3) is 0.833. The molecule has 3 nitrogen and oxygen atoms in total. The van der Waals surface area contributed by atoms with Gasteiger partial charge in [0.25, 0.3) is 0 Å². The van der Waals surface area contributed by atoms with E-state index in [2.05, 4.69) is 10.1 Å². The first-order valence-corrected chi connectivity index (χ1v) is 3.63. The molecule has 0 aliphatic carbocycles. The number of rotatable bonds is 1. The Bertz CT molecular complexity index is 143. The molecule has 0 aromatic heterocycles. The van der Waals surface area contributed by atoms with Gasteiger partial charge in [-0.3, -0.25) is 4.79 Å². The highest BCUT2D eigenvalue weighted by molar-refractivity contribution is 6.21. The molecule has 1 heterocycles. The number of halogens is 2. The zero-order valence-corrected chi connectivity index (χ0v) is 7.74. The molecule has 66 valence electrons. The average Bonchev–Trinajstić information content (AvgIpc) is 2.34. The van der Waals surface area contributed by atoms with Crippen molar-refractivity contribution >= 4 is 30.0 Å². The van der Waals surface area contributed by atoms with Crippen LogP contribution in [-0.2, 0) is 9.53 Å². The van der Waals surface area contributed by atoms with E-state index < -0.39 is 0 Å². The van der Waals surface area contributed by atoms with Crippen LogP contribution < -0.4 is 5.32 Å². The molecule has 1 fully saturated rings. The highest BCUT2D eigenvalue weighted by Crippen LogP contribution is 2.12. The second-order valence-electron chi connectivity index (χ2n) is 2.32. The molecule has 0 amide bonds. The van der Waals surface area contributed by atoms with Crippen molar-refractivity contribution in [2.45, 2.75) is 17.8 Å². The van der Waals surface area contributed by atoms with Crippen LogP contribution in [0.1, 0.15) is 6.42 Å². The van der Waals surface area contributed by atoms with Gasteiger partial charge in [-0.25, -0.2) is 0 Å². The number of methoxy groups -OCH3 is 1. The van der Waals surface area contributed by atoms with E-state index in [0.29, 0.717) is 13.0 Å². The lowest BCUT2D eigenvalue weighted by atomic mass is 10.2. The Balaban J connectivity index is 0.000001000. The quantitative estimate of drug-likeness (QED) is 0.496. The lowest BCUT2D eigenvalue weighted by molar-refractivity contribution is -0.142. The summed E-state index contributed by atoms with van der Waals surface area (Å²) < 4.78 is 4.52. The third-order valence-corrected chi connectivity index (χ3v) is 1.90. The summed E-state index contributed by atoms with van der Waals surface area (Å²) in [7, 11) is 1.38. The van der Waals surface area contributed by atoms with E-state index >= 15 is 0 Å². The zero-order chi connectivity index (χ0) is 7.56. The Morgan fingerprint density at radius 1 is 1.73 bits per heavy atom. The maximum Gasteiger partial charge on any atom is 0.322 e. The zero-order valence-electron chi connectivity index (χ0n) is 6.17. The van der Waals surface area contributed by atoms with Crippen LogP contribution in [0.4, 0.5) is 0 Å². The van der Waals surface area contributed by atoms with Crippen molar-refractivity contribution in [3.63, 3.8) is 0 Å². The van der Waals surface area contributed by atoms with Crippen LogP contribution in [0.2, 0.25) is 0 Å². The van der Waals surface area contributed by atoms with Crippen molar-refractivity contribution in [3.8, 4) is 0 Å². The molecule has 1 aliphatic rings. The minimum absolute atomic E-state index is 0. The lowest BCUT2D eigenvalue weighted by Gasteiger charge is -2.05. The predicted octanol–water partition coefficient (Wildman–Crippen LogP) is 0.550. The van der Waals surface area contributed by atoms with Crippen molar-refractivity contribution in [2.75, 3.05) is 13.7 Å². The molecule has 1 N–H and O–H groups in total. The van der Waals surface area contributed by atoms with Crippen molar-refractivity contribution < 1.29 is 9.53 Å². The second kappa shape index (κ2) is 4.80. The SMILES string of the molecule is COC(=O)C1CC(Cl)CN1.Cl. The number of nitrogens with one attached hydrogen (secondary N) is 1. The van der Waals surface area contributed by atoms with Gasteiger partial charge in [-0.1, -0.05) is 0 Å². The molecule has 1 saturated heterocycles. The predicted molar refractivity (Wildman–Crippen MR) is 45.3 cm³/mol. The monoisotopic (exact) mass is 199 g/mol. The molecule has 1 aliphatic heterocycles. The highest BCUT2D eigenvalue weighted by Gasteiger charge is 2.28. The second-order valence-corrected chi connectivity index (χ2v) is 2.93. The van der Waals surface area contributed by atoms with E-state index in [1.54, 1.807) is 0 Å². The van der Waals surface area contributed by atoms with Crippen LogP contribution in [-0.4, -0.2) is 31.0 Å². The van der Waals surface area contributed by atoms with Crippen LogP contribution in [0, 0.1) is 0 Å². The number of hydrogen-bond donors (Lipinski definition) is 1. The first kappa shape index (κ1) is 11.0. The van der Waals surface area contributed by atoms with Gasteiger partial charge in [-0.05, 0) is 6.42 Å². The third-order valence-electron chi connectivity index (χ3n) is 1.56. The number of alkyl halides is 1. The van der Waals surface area contributed by atoms with Gasteiger partial charge in [0.2, 0.25) is 0 Å². The summed E-state index contributed by atoms with van der Waals surface area (Å²) in [5.41, 5.74) is 0. The molecular weight excluding hydrogens is 189 g/mol. The number of esters is 1. The fourth-order valence-corrected chi connectivity index (χ4v) is 1.28. The van der Waals surface area contributed by atoms with Gasteiger partial charge in [0, 0.05) is 11.9 Å². The van der Waals surface area contributed by atoms with E-state index in [-0.39, 0.29) is 29.8 Å². The van der Waals surface area contributed by atoms with E-state index in [1.165, 1.54) is 7.11 Å². The molecule has 1 rings (SSSR count). The molecule has 0 aromatic carbocycles. The summed E-state index contributed by atoms with van der Waals surface area (Å²) in [6.07, 6.45) is 0.675. The van der Waals surface area contributed by atoms with Crippen molar-refractivity contribution in [3.05, 3.63) is 0 Å². The summed E-state index contributed by atoms with van der Waals surface area (Å²) in [6.45, 7) is 0.696. The number of carbonyl (C=O) groups is 1. The summed E-state index contributed by atoms with van der Waals surface area (Å²) in [5, 5.41) is 3.02. The Kier molecular flexibility index (Phi) is 4.81. The van der Waals surface area contributed by atoms with Gasteiger partial charge < -0.3 is 10.1 Å². The van der Waals surface area contributed by atoms with Crippen LogP contribution >= 0.6 is 24.0 Å². The van der Waals surface area contributed by atoms with Gasteiger partial charge in [-0.2, -0.15) is 0 Å². The number of ether oxygens (including phenoxy) is 1. The largest absolute Gasteiger partial charge is 0.468 e. The minimum atomic E-state index is -0.219. The van der Waals surface area contributed by atoms with Crippen LogP contribution in [0.5, 0.6) is 0 Å². The Labute approximate surface area is 76.8 Å². The maximum absolute atomic E-state index is 10.8. The van der Waals surface area contributed by atoms with Gasteiger partial charge in [0.1, 0.15) is 6.04 Å². The van der Waals surface area contributed by atoms with Gasteiger partial charge in [0.05, 0.1) is 7.11 Å². The molecule has 0 bridgehead atoms. The van der Waals surface area contributed by atoms with E-state index in [0.717, 1.165) is 0 Å². The van der Waals surface area contributed by atoms with E-state index in [9.17, 15) is 4.79 Å². The average molecular weight is 200 g/mol. The number of hydrogen-bond acceptors (Lipinski definition) is 3. The van der Waals surface area contributed by atoms with Crippen molar-refractivity contribution in [1.29, 1.82) is 0 Å². The van der Waals surface area contributed by atoms with Crippen LogP contribution in [0.25, 0.3) is 0 Å². The summed E-state index contributed by atoms with van der Waals surface area (Å²) in [5.74, 6) is -0.219. The van der Waals surface area contributed by atoms with Crippen LogP contribution in [0.15, 0.2) is 0 Å². The Hall–Kier alpha value is 0.01000. The molecule has 11 heavy (non-hydrogen) atoms. The summed E-state index contributed by atoms with van der Waals surface area (Å²) in [6, 6.07) is -0.188. The Morgan fingerprint density at radius 2 is 2.36 bits per heavy atom. The Morgan fingerprint density at radius 3 is 2.73 bits per heavy atom. The maximum atomic E-state index is 10.8. The molecule has 0 radical (unpaired) electrons. The van der Waals surface area contributed by atoms with Gasteiger partial charge in [0.15, 0.2) is 0 Å². The third kappa shape index (κ3) is 2.85. The normalized spacial score (nSPS) is 29.3. The van der Waals surface area contributed by atoms with Crippen molar-refractivity contribution in [2.24, 2.45) is 0 Å². The van der Waals surface area contributed by atoms with E-state index in [4.69, 9.17) is 11.6 Å². The molecule has 2 atom stereocenters. The first-order chi connectivity index (χ1) is 4.74. The molecule has 2 unspecified atom stereocenters. The molecule has 0 saturated carbocycles. The van der Waals surface area contributed by atoms with Gasteiger partial charge in [-0.15, -0.1) is 24.0 Å². The molecule has 0 spiro atoms. The standard InChI is InChI=1S/C6H10ClNO2.ClH/c1-10-6(9)5-2-4(7)3-8-5;/h4-5,8H,2-3H2,1H3;1H. The topological polar surface area (TPSA) is 38.3 Å². The first-order valence-electron chi connectivity index (χ1n) is 3.19. The molecule has 5 heteroatoms. The summed E-state index contributed by atoms with van der Waals surface area (Å²) in [4.78, 5) is 10.8. The van der Waals surface area contributed by atoms with E-state index in [1.807, 2.05) is 0 Å². The fourth-order valence-electron chi connectivity index (χ4n) is 1.01. The van der Waals surface area contributed by atoms with Crippen LogP contribution in [0.3, 0.4) is 0 Å². The highest BCUT2D eigenvalue weighted by atomic mass is 35.5. The minimum Gasteiger partial charge on any atom is -0.468 e. The summed E-state index contributed by atoms with van der Waals surface area (Å²) >= 11 is 5.74. The number of carbonyl (C=O) groups excluding carboxylic acids is 1. The smallest absolute Gasteiger partial charge is 0.322 e. The van der Waals surface area contributed by atoms with Gasteiger partial charge >= 0.3 is 5.97 Å².